The molecular weight excluding hydrogens is 323 g/mol. The molecule has 1 aliphatic rings. The summed E-state index contributed by atoms with van der Waals surface area (Å²) in [5.74, 6) is -4.12. The number of hydrogen-bond donors (Lipinski definition) is 0. The molecule has 0 N–H and O–H groups in total. The van der Waals surface area contributed by atoms with E-state index in [2.05, 4.69) is 19.6 Å². The molecule has 0 aliphatic heterocycles. The third kappa shape index (κ3) is 7.02. The topological polar surface area (TPSA) is 18.5 Å². The van der Waals surface area contributed by atoms with E-state index in [4.69, 9.17) is 9.47 Å². The minimum Gasteiger partial charge on any atom is -0.356 e. The van der Waals surface area contributed by atoms with Crippen molar-refractivity contribution in [1.29, 1.82) is 0 Å². The number of halogens is 5. The van der Waals surface area contributed by atoms with E-state index in [1.807, 2.05) is 0 Å². The Morgan fingerprint density at radius 1 is 1.23 bits per heavy atom. The molecular formula is C14H21F5O2Si. The minimum atomic E-state index is -4.47. The molecule has 0 aromatic heterocycles. The molecule has 2 nitrogen and oxygen atoms in total. The Kier molecular flexibility index (Phi) is 6.34. The van der Waals surface area contributed by atoms with Gasteiger partial charge in [0.25, 0.3) is 5.85 Å². The van der Waals surface area contributed by atoms with E-state index in [-0.39, 0.29) is 5.57 Å². The van der Waals surface area contributed by atoms with Crippen molar-refractivity contribution in [1.82, 2.24) is 0 Å². The van der Waals surface area contributed by atoms with E-state index in [1.165, 1.54) is 0 Å². The predicted octanol–water partition coefficient (Wildman–Crippen LogP) is 5.12. The highest BCUT2D eigenvalue weighted by atomic mass is 28.3. The largest absolute Gasteiger partial charge is 0.392 e. The molecule has 0 spiro atoms. The fourth-order valence-corrected chi connectivity index (χ4v) is 2.58. The van der Waals surface area contributed by atoms with Crippen LogP contribution in [0, 0.1) is 0 Å². The zero-order valence-electron chi connectivity index (χ0n) is 12.9. The van der Waals surface area contributed by atoms with Crippen LogP contribution in [-0.4, -0.2) is 33.5 Å². The molecule has 0 amide bonds. The first kappa shape index (κ1) is 19.3. The van der Waals surface area contributed by atoms with Gasteiger partial charge in [0.1, 0.15) is 0 Å². The predicted molar refractivity (Wildman–Crippen MR) is 76.5 cm³/mol. The van der Waals surface area contributed by atoms with E-state index in [1.54, 1.807) is 0 Å². The van der Waals surface area contributed by atoms with E-state index < -0.39 is 45.6 Å². The van der Waals surface area contributed by atoms with Gasteiger partial charge in [0.05, 0.1) is 6.42 Å². The minimum absolute atomic E-state index is 0.265. The molecule has 0 fully saturated rings. The zero-order valence-corrected chi connectivity index (χ0v) is 13.9. The van der Waals surface area contributed by atoms with Crippen LogP contribution in [0.25, 0.3) is 0 Å². The second-order valence-corrected chi connectivity index (χ2v) is 12.1. The van der Waals surface area contributed by atoms with Crippen LogP contribution in [0.2, 0.25) is 25.7 Å². The molecule has 0 aromatic rings. The molecule has 0 aromatic carbocycles. The summed E-state index contributed by atoms with van der Waals surface area (Å²) in [6, 6.07) is 0.827. The van der Waals surface area contributed by atoms with Gasteiger partial charge in [0.15, 0.2) is 12.6 Å². The summed E-state index contributed by atoms with van der Waals surface area (Å²) in [5, 5.41) is 0. The standard InChI is InChI=1S/C14H21F5O2Si/c1-22(2,3)7-6-20-10-21-13(16)8-11(4-5-12(13)15)9-14(17,18)19/h4-5H,6-10H2,1-3H3. The Balaban J connectivity index is 2.48. The van der Waals surface area contributed by atoms with Crippen molar-refractivity contribution in [3.63, 3.8) is 0 Å². The second-order valence-electron chi connectivity index (χ2n) is 6.52. The molecule has 0 heterocycles. The number of allylic oxidation sites excluding steroid dienone is 2. The summed E-state index contributed by atoms with van der Waals surface area (Å²) in [6.45, 7) is 6.24. The van der Waals surface area contributed by atoms with Gasteiger partial charge in [-0.3, -0.25) is 0 Å². The molecule has 0 saturated heterocycles. The van der Waals surface area contributed by atoms with Gasteiger partial charge in [0, 0.05) is 21.1 Å². The van der Waals surface area contributed by atoms with Crippen LogP contribution in [0.3, 0.4) is 0 Å². The van der Waals surface area contributed by atoms with E-state index >= 15 is 0 Å². The first-order valence-electron chi connectivity index (χ1n) is 6.94. The summed E-state index contributed by atoms with van der Waals surface area (Å²) in [4.78, 5) is 0. The summed E-state index contributed by atoms with van der Waals surface area (Å²) >= 11 is 0. The third-order valence-corrected chi connectivity index (χ3v) is 4.78. The number of alkyl halides is 4. The molecule has 8 heteroatoms. The zero-order chi connectivity index (χ0) is 17.0. The molecule has 0 radical (unpaired) electrons. The van der Waals surface area contributed by atoms with Crippen molar-refractivity contribution in [3.05, 3.63) is 23.6 Å². The Morgan fingerprint density at radius 2 is 1.86 bits per heavy atom. The SMILES string of the molecule is C[Si](C)(C)CCOCOC1(F)CC(CC(F)(F)F)=CC=C1F. The van der Waals surface area contributed by atoms with Gasteiger partial charge in [0.2, 0.25) is 0 Å². The van der Waals surface area contributed by atoms with Crippen LogP contribution in [0.1, 0.15) is 12.8 Å². The van der Waals surface area contributed by atoms with Crippen molar-refractivity contribution >= 4 is 8.07 Å². The quantitative estimate of drug-likeness (QED) is 0.276. The van der Waals surface area contributed by atoms with Crippen LogP contribution in [0.5, 0.6) is 0 Å². The first-order valence-corrected chi connectivity index (χ1v) is 10.7. The highest BCUT2D eigenvalue weighted by molar-refractivity contribution is 6.76. The highest BCUT2D eigenvalue weighted by Crippen LogP contribution is 2.39. The Labute approximate surface area is 128 Å². The van der Waals surface area contributed by atoms with Crippen LogP contribution in [0.4, 0.5) is 22.0 Å². The van der Waals surface area contributed by atoms with Crippen molar-refractivity contribution < 1.29 is 31.4 Å². The van der Waals surface area contributed by atoms with Gasteiger partial charge in [-0.1, -0.05) is 31.3 Å². The maximum absolute atomic E-state index is 14.3. The summed E-state index contributed by atoms with van der Waals surface area (Å²) < 4.78 is 74.6. The average Bonchev–Trinajstić information content (AvgIpc) is 2.30. The molecule has 0 bridgehead atoms. The maximum Gasteiger partial charge on any atom is 0.392 e. The molecule has 1 unspecified atom stereocenters. The lowest BCUT2D eigenvalue weighted by Gasteiger charge is -2.28. The monoisotopic (exact) mass is 344 g/mol. The Hall–Kier alpha value is -0.733. The van der Waals surface area contributed by atoms with Gasteiger partial charge in [-0.2, -0.15) is 13.2 Å². The normalized spacial score (nSPS) is 23.3. The fourth-order valence-electron chi connectivity index (χ4n) is 1.82. The van der Waals surface area contributed by atoms with E-state index in [0.29, 0.717) is 12.7 Å². The number of rotatable bonds is 7. The van der Waals surface area contributed by atoms with Crippen molar-refractivity contribution in [3.8, 4) is 0 Å². The molecule has 1 rings (SSSR count). The third-order valence-electron chi connectivity index (χ3n) is 3.07. The van der Waals surface area contributed by atoms with Gasteiger partial charge < -0.3 is 9.47 Å². The second kappa shape index (κ2) is 7.23. The van der Waals surface area contributed by atoms with E-state index in [0.717, 1.165) is 12.1 Å². The van der Waals surface area contributed by atoms with Gasteiger partial charge in [-0.15, -0.1) is 0 Å². The van der Waals surface area contributed by atoms with Crippen LogP contribution in [-0.2, 0) is 9.47 Å². The van der Waals surface area contributed by atoms with Crippen LogP contribution in [0.15, 0.2) is 23.6 Å². The summed E-state index contributed by atoms with van der Waals surface area (Å²) in [7, 11) is -1.31. The smallest absolute Gasteiger partial charge is 0.356 e. The average molecular weight is 344 g/mol. The van der Waals surface area contributed by atoms with Crippen LogP contribution < -0.4 is 0 Å². The molecule has 22 heavy (non-hydrogen) atoms. The lowest BCUT2D eigenvalue weighted by molar-refractivity contribution is -0.193. The van der Waals surface area contributed by atoms with Gasteiger partial charge in [-0.25, -0.2) is 8.78 Å². The highest BCUT2D eigenvalue weighted by Gasteiger charge is 2.42. The van der Waals surface area contributed by atoms with Gasteiger partial charge in [-0.05, 0) is 12.1 Å². The summed E-state index contributed by atoms with van der Waals surface area (Å²) in [6.07, 6.45) is -4.93. The van der Waals surface area contributed by atoms with Crippen molar-refractivity contribution in [2.75, 3.05) is 13.4 Å². The maximum atomic E-state index is 14.3. The number of ether oxygens (including phenoxy) is 2. The number of hydrogen-bond acceptors (Lipinski definition) is 2. The lowest BCUT2D eigenvalue weighted by atomic mass is 9.97. The Bertz CT molecular complexity index is 439. The van der Waals surface area contributed by atoms with Crippen molar-refractivity contribution in [2.45, 2.75) is 50.6 Å². The lowest BCUT2D eigenvalue weighted by Crippen LogP contribution is -2.32. The fraction of sp³-hybridized carbons (Fsp3) is 0.714. The Morgan fingerprint density at radius 3 is 2.41 bits per heavy atom. The van der Waals surface area contributed by atoms with Crippen molar-refractivity contribution in [2.24, 2.45) is 0 Å². The molecule has 0 saturated carbocycles. The van der Waals surface area contributed by atoms with Gasteiger partial charge >= 0.3 is 6.18 Å². The molecule has 1 aliphatic carbocycles. The summed E-state index contributed by atoms with van der Waals surface area (Å²) in [5.41, 5.74) is -0.265. The van der Waals surface area contributed by atoms with E-state index in [9.17, 15) is 22.0 Å². The molecule has 1 atom stereocenters. The molecule has 128 valence electrons. The van der Waals surface area contributed by atoms with Crippen LogP contribution >= 0.6 is 0 Å². The first-order chi connectivity index (χ1) is 9.91.